The van der Waals surface area contributed by atoms with Crippen molar-refractivity contribution in [1.29, 1.82) is 0 Å². The summed E-state index contributed by atoms with van der Waals surface area (Å²) in [5.41, 5.74) is 0.375. The third kappa shape index (κ3) is 6.34. The van der Waals surface area contributed by atoms with Gasteiger partial charge in [-0.3, -0.25) is 0 Å². The maximum absolute atomic E-state index is 11.2. The van der Waals surface area contributed by atoms with Gasteiger partial charge in [0, 0.05) is 12.2 Å². The largest absolute Gasteiger partial charge is 0.508 e. The van der Waals surface area contributed by atoms with E-state index in [0.717, 1.165) is 12.2 Å². The quantitative estimate of drug-likeness (QED) is 0.309. The summed E-state index contributed by atoms with van der Waals surface area (Å²) in [4.78, 5) is 33.3. The lowest BCUT2D eigenvalue weighted by Gasteiger charge is -2.10. The number of hydrogen-bond donors (Lipinski definition) is 3. The molecule has 0 aromatic heterocycles. The van der Waals surface area contributed by atoms with Gasteiger partial charge in [-0.1, -0.05) is 19.2 Å². The Morgan fingerprint density at radius 2 is 1.57 bits per heavy atom. The highest BCUT2D eigenvalue weighted by atomic mass is 16.6. The number of carbonyl (C=O) groups is 3. The summed E-state index contributed by atoms with van der Waals surface area (Å²) in [6.07, 6.45) is 1.75. The molecule has 0 aliphatic rings. The number of hydrogen-bond acceptors (Lipinski definition) is 7. The number of carbonyl (C=O) groups excluding carboxylic acids is 2. The van der Waals surface area contributed by atoms with E-state index >= 15 is 0 Å². The van der Waals surface area contributed by atoms with Crippen LogP contribution < -0.4 is 9.47 Å². The van der Waals surface area contributed by atoms with Gasteiger partial charge in [-0.05, 0) is 42.8 Å². The van der Waals surface area contributed by atoms with E-state index in [1.165, 1.54) is 36.4 Å². The fourth-order valence-electron chi connectivity index (χ4n) is 1.80. The zero-order chi connectivity index (χ0) is 21.3. The zero-order valence-corrected chi connectivity index (χ0v) is 14.9. The average Bonchev–Trinajstić information content (AvgIpc) is 2.66. The van der Waals surface area contributed by atoms with Crippen molar-refractivity contribution in [2.24, 2.45) is 0 Å². The Labute approximate surface area is 160 Å². The van der Waals surface area contributed by atoms with Crippen LogP contribution in [0, 0.1) is 6.92 Å². The molecule has 0 bridgehead atoms. The molecule has 2 aromatic carbocycles. The summed E-state index contributed by atoms with van der Waals surface area (Å²) in [6.45, 7) is 8.13. The number of aromatic hydroxyl groups is 2. The molecule has 0 unspecified atom stereocenters. The first-order valence-electron chi connectivity index (χ1n) is 7.73. The maximum atomic E-state index is 11.2. The molecule has 0 heterocycles. The lowest BCUT2D eigenvalue weighted by molar-refractivity contribution is -0.131. The molecule has 2 aromatic rings. The Morgan fingerprint density at radius 3 is 2.07 bits per heavy atom. The van der Waals surface area contributed by atoms with Crippen LogP contribution in [0.4, 0.5) is 0 Å². The number of ether oxygens (including phenoxy) is 2. The van der Waals surface area contributed by atoms with E-state index in [9.17, 15) is 14.4 Å². The highest BCUT2D eigenvalue weighted by Gasteiger charge is 2.20. The number of aryl methyl sites for hydroxylation is 1. The molecular formula is C20H18O8. The second-order valence-electron chi connectivity index (χ2n) is 5.16. The van der Waals surface area contributed by atoms with Gasteiger partial charge in [0.15, 0.2) is 11.5 Å². The number of esters is 2. The smallest absolute Gasteiger partial charge is 0.339 e. The van der Waals surface area contributed by atoms with Gasteiger partial charge >= 0.3 is 17.9 Å². The van der Waals surface area contributed by atoms with Gasteiger partial charge in [0.25, 0.3) is 0 Å². The van der Waals surface area contributed by atoms with Crippen molar-refractivity contribution in [2.75, 3.05) is 0 Å². The van der Waals surface area contributed by atoms with Gasteiger partial charge in [0.05, 0.1) is 0 Å². The van der Waals surface area contributed by atoms with E-state index in [1.807, 2.05) is 0 Å². The molecule has 2 rings (SSSR count). The molecule has 146 valence electrons. The van der Waals surface area contributed by atoms with Gasteiger partial charge in [-0.25, -0.2) is 14.4 Å². The Balaban J connectivity index is 0.000000362. The summed E-state index contributed by atoms with van der Waals surface area (Å²) in [5.74, 6) is -3.17. The standard InChI is InChI=1S/C13H10O6.C7H8O2/c1-3-10(14)18-9-7-5-6-8(13(16)17)12(9)19-11(15)4-2;1-5-4-6(8)2-3-7(5)9/h3-7H,1-2H2,(H,16,17);2-4,8-9H,1H3. The van der Waals surface area contributed by atoms with Crippen molar-refractivity contribution >= 4 is 17.9 Å². The summed E-state index contributed by atoms with van der Waals surface area (Å²) in [7, 11) is 0. The number of para-hydroxylation sites is 1. The fraction of sp³-hybridized carbons (Fsp3) is 0.0500. The second-order valence-corrected chi connectivity index (χ2v) is 5.16. The van der Waals surface area contributed by atoms with Gasteiger partial charge < -0.3 is 24.8 Å². The van der Waals surface area contributed by atoms with Gasteiger partial charge in [-0.2, -0.15) is 0 Å². The Bertz CT molecular complexity index is 914. The van der Waals surface area contributed by atoms with Crippen molar-refractivity contribution in [3.05, 3.63) is 72.8 Å². The number of benzene rings is 2. The molecule has 28 heavy (non-hydrogen) atoms. The monoisotopic (exact) mass is 386 g/mol. The van der Waals surface area contributed by atoms with Crippen LogP contribution in [0.3, 0.4) is 0 Å². The van der Waals surface area contributed by atoms with E-state index < -0.39 is 17.9 Å². The summed E-state index contributed by atoms with van der Waals surface area (Å²) < 4.78 is 9.58. The minimum atomic E-state index is -1.33. The first kappa shape index (κ1) is 22.0. The molecule has 0 saturated carbocycles. The van der Waals surface area contributed by atoms with Crippen LogP contribution in [-0.4, -0.2) is 33.2 Å². The minimum absolute atomic E-state index is 0.185. The number of aromatic carboxylic acids is 1. The first-order valence-corrected chi connectivity index (χ1v) is 7.73. The predicted molar refractivity (Wildman–Crippen MR) is 99.6 cm³/mol. The predicted octanol–water partition coefficient (Wildman–Crippen LogP) is 2.97. The van der Waals surface area contributed by atoms with Gasteiger partial charge in [-0.15, -0.1) is 0 Å². The molecule has 0 saturated heterocycles. The molecule has 0 radical (unpaired) electrons. The van der Waals surface area contributed by atoms with Crippen LogP contribution in [0.1, 0.15) is 15.9 Å². The van der Waals surface area contributed by atoms with Crippen LogP contribution in [0.5, 0.6) is 23.0 Å². The molecule has 0 atom stereocenters. The molecular weight excluding hydrogens is 368 g/mol. The number of rotatable bonds is 5. The average molecular weight is 386 g/mol. The lowest BCUT2D eigenvalue weighted by Crippen LogP contribution is -2.12. The third-order valence-corrected chi connectivity index (χ3v) is 3.14. The Kier molecular flexibility index (Phi) is 7.98. The van der Waals surface area contributed by atoms with Crippen LogP contribution in [0.2, 0.25) is 0 Å². The van der Waals surface area contributed by atoms with E-state index in [1.54, 1.807) is 6.92 Å². The number of carboxylic acid groups (broad SMARTS) is 1. The second kappa shape index (κ2) is 10.2. The lowest BCUT2D eigenvalue weighted by atomic mass is 10.2. The molecule has 0 aliphatic carbocycles. The zero-order valence-electron chi connectivity index (χ0n) is 14.9. The fourth-order valence-corrected chi connectivity index (χ4v) is 1.80. The van der Waals surface area contributed by atoms with Crippen LogP contribution in [-0.2, 0) is 9.59 Å². The van der Waals surface area contributed by atoms with E-state index in [-0.39, 0.29) is 28.6 Å². The molecule has 0 spiro atoms. The topological polar surface area (TPSA) is 130 Å². The molecule has 8 heteroatoms. The van der Waals surface area contributed by atoms with Gasteiger partial charge in [0.1, 0.15) is 17.1 Å². The third-order valence-electron chi connectivity index (χ3n) is 3.14. The summed E-state index contributed by atoms with van der Waals surface area (Å²) >= 11 is 0. The highest BCUT2D eigenvalue weighted by molar-refractivity contribution is 5.95. The molecule has 0 fully saturated rings. The van der Waals surface area contributed by atoms with E-state index in [2.05, 4.69) is 13.2 Å². The molecule has 8 nitrogen and oxygen atoms in total. The maximum Gasteiger partial charge on any atom is 0.339 e. The van der Waals surface area contributed by atoms with Crippen molar-refractivity contribution in [2.45, 2.75) is 6.92 Å². The Hall–Kier alpha value is -4.07. The molecule has 3 N–H and O–H groups in total. The minimum Gasteiger partial charge on any atom is -0.508 e. The molecule has 0 amide bonds. The van der Waals surface area contributed by atoms with Crippen molar-refractivity contribution in [1.82, 2.24) is 0 Å². The number of phenols is 2. The van der Waals surface area contributed by atoms with Crippen LogP contribution in [0.25, 0.3) is 0 Å². The number of carboxylic acids is 1. The summed E-state index contributed by atoms with van der Waals surface area (Å²) in [5, 5.41) is 26.7. The summed E-state index contributed by atoms with van der Waals surface area (Å²) in [6, 6.07) is 8.27. The van der Waals surface area contributed by atoms with E-state index in [0.29, 0.717) is 5.56 Å². The van der Waals surface area contributed by atoms with Crippen molar-refractivity contribution < 1.29 is 39.2 Å². The molecule has 0 aliphatic heterocycles. The first-order chi connectivity index (χ1) is 13.2. The number of phenolic OH excluding ortho intramolecular Hbond substituents is 2. The van der Waals surface area contributed by atoms with E-state index in [4.69, 9.17) is 24.8 Å². The highest BCUT2D eigenvalue weighted by Crippen LogP contribution is 2.31. The van der Waals surface area contributed by atoms with Crippen molar-refractivity contribution in [3.8, 4) is 23.0 Å². The SMILES string of the molecule is C=CC(=O)Oc1cccc(C(=O)O)c1OC(=O)C=C.Cc1cc(O)ccc1O. The Morgan fingerprint density at radius 1 is 0.964 bits per heavy atom. The van der Waals surface area contributed by atoms with Gasteiger partial charge in [0.2, 0.25) is 0 Å². The van der Waals surface area contributed by atoms with Crippen molar-refractivity contribution in [3.63, 3.8) is 0 Å². The van der Waals surface area contributed by atoms with Crippen LogP contribution in [0.15, 0.2) is 61.7 Å². The van der Waals surface area contributed by atoms with Crippen LogP contribution >= 0.6 is 0 Å². The normalized spacial score (nSPS) is 9.32.